The first kappa shape index (κ1) is 16.1. The molecule has 0 radical (unpaired) electrons. The number of carbonyl (C=O) groups excluding carboxylic acids is 1. The summed E-state index contributed by atoms with van der Waals surface area (Å²) in [6.07, 6.45) is 4.82. The minimum absolute atomic E-state index is 0.0713. The third-order valence-electron chi connectivity index (χ3n) is 4.40. The molecular formula is C18H22ClN3O. The number of rotatable bonds is 6. The molecule has 23 heavy (non-hydrogen) atoms. The van der Waals surface area contributed by atoms with E-state index in [2.05, 4.69) is 21.3 Å². The Balaban J connectivity index is 1.46. The number of H-pyrrole nitrogens is 1. The quantitative estimate of drug-likeness (QED) is 0.851. The van der Waals surface area contributed by atoms with Gasteiger partial charge in [0.2, 0.25) is 5.91 Å². The van der Waals surface area contributed by atoms with Gasteiger partial charge in [0, 0.05) is 42.5 Å². The molecule has 2 N–H and O–H groups in total. The Morgan fingerprint density at radius 1 is 1.30 bits per heavy atom. The Kier molecular flexibility index (Phi) is 5.36. The standard InChI is InChI=1S/C18H22ClN3O/c19-15-6-2-1-5-14(15)13-21-18(23)9-12-22-11-4-8-17(22)16-7-3-10-20-16/h1-3,5-7,10,17,20H,4,8-9,11-13H2,(H,21,23). The van der Waals surface area contributed by atoms with E-state index in [4.69, 9.17) is 11.6 Å². The van der Waals surface area contributed by atoms with E-state index in [0.717, 1.165) is 25.1 Å². The minimum Gasteiger partial charge on any atom is -0.364 e. The van der Waals surface area contributed by atoms with Crippen LogP contribution in [-0.2, 0) is 11.3 Å². The first-order chi connectivity index (χ1) is 11.2. The number of hydrogen-bond donors (Lipinski definition) is 2. The van der Waals surface area contributed by atoms with Gasteiger partial charge in [0.05, 0.1) is 0 Å². The summed E-state index contributed by atoms with van der Waals surface area (Å²) >= 11 is 6.10. The molecule has 1 amide bonds. The molecule has 2 heterocycles. The van der Waals surface area contributed by atoms with Crippen molar-refractivity contribution < 1.29 is 4.79 Å². The molecular weight excluding hydrogens is 310 g/mol. The zero-order valence-electron chi connectivity index (χ0n) is 13.1. The van der Waals surface area contributed by atoms with Crippen LogP contribution < -0.4 is 5.32 Å². The Hall–Kier alpha value is -1.78. The van der Waals surface area contributed by atoms with Crippen molar-refractivity contribution in [3.8, 4) is 0 Å². The molecule has 1 aliphatic rings. The normalized spacial score (nSPS) is 18.2. The number of hydrogen-bond acceptors (Lipinski definition) is 2. The van der Waals surface area contributed by atoms with Gasteiger partial charge in [-0.05, 0) is 43.1 Å². The van der Waals surface area contributed by atoms with E-state index >= 15 is 0 Å². The lowest BCUT2D eigenvalue weighted by Gasteiger charge is -2.23. The molecule has 0 bridgehead atoms. The highest BCUT2D eigenvalue weighted by molar-refractivity contribution is 6.31. The van der Waals surface area contributed by atoms with E-state index in [1.165, 1.54) is 12.1 Å². The summed E-state index contributed by atoms with van der Waals surface area (Å²) in [4.78, 5) is 17.8. The molecule has 1 unspecified atom stereocenters. The second kappa shape index (κ2) is 7.66. The van der Waals surface area contributed by atoms with Crippen molar-refractivity contribution in [3.05, 3.63) is 58.9 Å². The molecule has 1 aromatic heterocycles. The maximum atomic E-state index is 12.1. The highest BCUT2D eigenvalue weighted by atomic mass is 35.5. The molecule has 1 aliphatic heterocycles. The molecule has 4 nitrogen and oxygen atoms in total. The van der Waals surface area contributed by atoms with Crippen LogP contribution in [0.15, 0.2) is 42.6 Å². The average molecular weight is 332 g/mol. The third kappa shape index (κ3) is 4.15. The Morgan fingerprint density at radius 3 is 2.96 bits per heavy atom. The van der Waals surface area contributed by atoms with Crippen LogP contribution in [-0.4, -0.2) is 28.9 Å². The van der Waals surface area contributed by atoms with E-state index in [9.17, 15) is 4.79 Å². The van der Waals surface area contributed by atoms with Crippen LogP contribution in [0.3, 0.4) is 0 Å². The van der Waals surface area contributed by atoms with E-state index in [-0.39, 0.29) is 5.91 Å². The van der Waals surface area contributed by atoms with Crippen LogP contribution >= 0.6 is 11.6 Å². The van der Waals surface area contributed by atoms with E-state index in [1.807, 2.05) is 36.5 Å². The number of likely N-dealkylation sites (tertiary alicyclic amines) is 1. The highest BCUT2D eigenvalue weighted by Gasteiger charge is 2.26. The van der Waals surface area contributed by atoms with Gasteiger partial charge in [0.1, 0.15) is 0 Å². The zero-order chi connectivity index (χ0) is 16.1. The Bertz CT molecular complexity index is 641. The number of carbonyl (C=O) groups is 1. The van der Waals surface area contributed by atoms with Crippen LogP contribution in [0, 0.1) is 0 Å². The van der Waals surface area contributed by atoms with Crippen LogP contribution in [0.4, 0.5) is 0 Å². The molecule has 3 rings (SSSR count). The lowest BCUT2D eigenvalue weighted by atomic mass is 10.1. The maximum absolute atomic E-state index is 12.1. The molecule has 122 valence electrons. The fourth-order valence-corrected chi connectivity index (χ4v) is 3.37. The number of nitrogens with zero attached hydrogens (tertiary/aromatic N) is 1. The van der Waals surface area contributed by atoms with Crippen LogP contribution in [0.2, 0.25) is 5.02 Å². The lowest BCUT2D eigenvalue weighted by molar-refractivity contribution is -0.121. The van der Waals surface area contributed by atoms with E-state index in [1.54, 1.807) is 0 Å². The number of aromatic amines is 1. The van der Waals surface area contributed by atoms with Crippen LogP contribution in [0.25, 0.3) is 0 Å². The number of halogens is 1. The summed E-state index contributed by atoms with van der Waals surface area (Å²) in [7, 11) is 0. The Labute approximate surface area is 141 Å². The molecule has 5 heteroatoms. The molecule has 1 fully saturated rings. The minimum atomic E-state index is 0.0713. The SMILES string of the molecule is O=C(CCN1CCCC1c1ccc[nH]1)NCc1ccccc1Cl. The van der Waals surface area contributed by atoms with Crippen LogP contribution in [0.5, 0.6) is 0 Å². The van der Waals surface area contributed by atoms with Crippen molar-refractivity contribution in [3.63, 3.8) is 0 Å². The smallest absolute Gasteiger partial charge is 0.221 e. The molecule has 0 saturated carbocycles. The molecule has 1 aromatic carbocycles. The summed E-state index contributed by atoms with van der Waals surface area (Å²) in [5.41, 5.74) is 2.20. The van der Waals surface area contributed by atoms with Gasteiger partial charge in [-0.15, -0.1) is 0 Å². The van der Waals surface area contributed by atoms with Gasteiger partial charge in [-0.25, -0.2) is 0 Å². The third-order valence-corrected chi connectivity index (χ3v) is 4.77. The van der Waals surface area contributed by atoms with Gasteiger partial charge in [-0.1, -0.05) is 29.8 Å². The molecule has 1 saturated heterocycles. The maximum Gasteiger partial charge on any atom is 0.221 e. The highest BCUT2D eigenvalue weighted by Crippen LogP contribution is 2.30. The van der Waals surface area contributed by atoms with Gasteiger partial charge < -0.3 is 10.3 Å². The summed E-state index contributed by atoms with van der Waals surface area (Å²) in [6, 6.07) is 12.2. The Morgan fingerprint density at radius 2 is 2.17 bits per heavy atom. The first-order valence-corrected chi connectivity index (χ1v) is 8.49. The lowest BCUT2D eigenvalue weighted by Crippen LogP contribution is -2.30. The first-order valence-electron chi connectivity index (χ1n) is 8.11. The number of benzene rings is 1. The fraction of sp³-hybridized carbons (Fsp3) is 0.389. The van der Waals surface area contributed by atoms with Crippen molar-refractivity contribution in [2.24, 2.45) is 0 Å². The summed E-state index contributed by atoms with van der Waals surface area (Å²) in [6.45, 7) is 2.33. The van der Waals surface area contributed by atoms with Gasteiger partial charge in [0.15, 0.2) is 0 Å². The van der Waals surface area contributed by atoms with E-state index in [0.29, 0.717) is 24.0 Å². The molecule has 1 atom stereocenters. The summed E-state index contributed by atoms with van der Waals surface area (Å²) in [5.74, 6) is 0.0713. The summed E-state index contributed by atoms with van der Waals surface area (Å²) in [5, 5.41) is 3.65. The van der Waals surface area contributed by atoms with E-state index < -0.39 is 0 Å². The van der Waals surface area contributed by atoms with Crippen molar-refractivity contribution in [1.29, 1.82) is 0 Å². The predicted octanol–water partition coefficient (Wildman–Crippen LogP) is 3.51. The van der Waals surface area contributed by atoms with Crippen LogP contribution in [0.1, 0.15) is 36.6 Å². The largest absolute Gasteiger partial charge is 0.364 e. The number of amides is 1. The second-order valence-corrected chi connectivity index (χ2v) is 6.34. The number of aromatic nitrogens is 1. The van der Waals surface area contributed by atoms with Gasteiger partial charge >= 0.3 is 0 Å². The monoisotopic (exact) mass is 331 g/mol. The zero-order valence-corrected chi connectivity index (χ0v) is 13.9. The van der Waals surface area contributed by atoms with Crippen molar-refractivity contribution >= 4 is 17.5 Å². The number of nitrogens with one attached hydrogen (secondary N) is 2. The summed E-state index contributed by atoms with van der Waals surface area (Å²) < 4.78 is 0. The second-order valence-electron chi connectivity index (χ2n) is 5.94. The molecule has 0 aliphatic carbocycles. The predicted molar refractivity (Wildman–Crippen MR) is 92.3 cm³/mol. The van der Waals surface area contributed by atoms with Crippen molar-refractivity contribution in [2.75, 3.05) is 13.1 Å². The van der Waals surface area contributed by atoms with Gasteiger partial charge in [-0.2, -0.15) is 0 Å². The average Bonchev–Trinajstić information content (AvgIpc) is 3.22. The molecule has 2 aromatic rings. The molecule has 0 spiro atoms. The van der Waals surface area contributed by atoms with Gasteiger partial charge in [0.25, 0.3) is 0 Å². The fourth-order valence-electron chi connectivity index (χ4n) is 3.17. The van der Waals surface area contributed by atoms with Crippen molar-refractivity contribution in [2.45, 2.75) is 31.8 Å². The topological polar surface area (TPSA) is 48.1 Å². The van der Waals surface area contributed by atoms with Crippen molar-refractivity contribution in [1.82, 2.24) is 15.2 Å². The van der Waals surface area contributed by atoms with Gasteiger partial charge in [-0.3, -0.25) is 9.69 Å².